The summed E-state index contributed by atoms with van der Waals surface area (Å²) in [6.45, 7) is 0. The molecule has 1 aliphatic carbocycles. The van der Waals surface area contributed by atoms with Crippen LogP contribution >= 0.6 is 22.7 Å². The van der Waals surface area contributed by atoms with Crippen LogP contribution in [0.1, 0.15) is 16.9 Å². The summed E-state index contributed by atoms with van der Waals surface area (Å²) < 4.78 is 8.97. The quantitative estimate of drug-likeness (QED) is 0.169. The third-order valence-corrected chi connectivity index (χ3v) is 14.8. The van der Waals surface area contributed by atoms with E-state index < -0.39 is 0 Å². The Kier molecular flexibility index (Phi) is 6.91. The number of rotatable bonds is 4. The number of thiophene rings is 2. The number of hydrogen-bond acceptors (Lipinski definition) is 2. The molecule has 0 radical (unpaired) electrons. The lowest BCUT2D eigenvalue weighted by Gasteiger charge is -2.17. The lowest BCUT2D eigenvalue weighted by Crippen LogP contribution is -2.03. The summed E-state index contributed by atoms with van der Waals surface area (Å²) in [4.78, 5) is 1.48. The van der Waals surface area contributed by atoms with Gasteiger partial charge in [-0.25, -0.2) is 0 Å². The summed E-state index contributed by atoms with van der Waals surface area (Å²) in [6, 6.07) is 65.6. The van der Waals surface area contributed by atoms with Crippen molar-refractivity contribution in [3.05, 3.63) is 186 Å². The fourth-order valence-corrected chi connectivity index (χ4v) is 12.0. The van der Waals surface area contributed by atoms with Gasteiger partial charge in [0.15, 0.2) is 0 Å². The Hall–Kier alpha value is -6.72. The minimum absolute atomic E-state index is 1.02. The smallest absolute Gasteiger partial charge is 0.0541 e. The van der Waals surface area contributed by atoms with Gasteiger partial charge in [0.25, 0.3) is 0 Å². The Morgan fingerprint density at radius 2 is 0.828 bits per heavy atom. The average Bonchev–Trinajstić information content (AvgIpc) is 4.03. The summed E-state index contributed by atoms with van der Waals surface area (Å²) >= 11 is 3.83. The van der Waals surface area contributed by atoms with Gasteiger partial charge in [-0.15, -0.1) is 22.7 Å². The molecule has 2 nitrogen and oxygen atoms in total. The van der Waals surface area contributed by atoms with Gasteiger partial charge in [0.1, 0.15) is 0 Å². The molecule has 8 aromatic carbocycles. The van der Waals surface area contributed by atoms with Gasteiger partial charge in [-0.2, -0.15) is 0 Å². The predicted molar refractivity (Wildman–Crippen MR) is 252 cm³/mol. The van der Waals surface area contributed by atoms with Crippen LogP contribution in [0.25, 0.3) is 114 Å². The van der Waals surface area contributed by atoms with Crippen LogP contribution in [0.15, 0.2) is 176 Å². The highest BCUT2D eigenvalue weighted by Gasteiger charge is 2.22. The maximum Gasteiger partial charge on any atom is 0.0541 e. The molecule has 4 aromatic heterocycles. The SMILES string of the molecule is C1=C(n2c3ccccc3c3ccccc32)CCc2sc3ccc(-c4cc(-c5ccc6sc7ccccc7c6c5)cc(-n5c6ccccc6c6ccccc65)c4)cc3c21. The van der Waals surface area contributed by atoms with Crippen LogP contribution in [-0.4, -0.2) is 9.13 Å². The molecule has 0 amide bonds. The third-order valence-electron chi connectivity index (χ3n) is 12.4. The number of hydrogen-bond donors (Lipinski definition) is 0. The zero-order valence-corrected chi connectivity index (χ0v) is 33.1. The van der Waals surface area contributed by atoms with Gasteiger partial charge in [0.2, 0.25) is 0 Å². The molecule has 58 heavy (non-hydrogen) atoms. The molecule has 0 saturated carbocycles. The normalized spacial score (nSPS) is 13.1. The summed E-state index contributed by atoms with van der Waals surface area (Å²) in [6.07, 6.45) is 4.55. The number of fused-ring (bicyclic) bond motifs is 12. The molecule has 4 heteroatoms. The van der Waals surface area contributed by atoms with Gasteiger partial charge >= 0.3 is 0 Å². The van der Waals surface area contributed by atoms with Crippen molar-refractivity contribution in [1.82, 2.24) is 9.13 Å². The molecule has 1 aliphatic rings. The number of aromatic nitrogens is 2. The summed E-state index contributed by atoms with van der Waals surface area (Å²) in [7, 11) is 0. The molecule has 0 saturated heterocycles. The second-order valence-electron chi connectivity index (χ2n) is 15.6. The first kappa shape index (κ1) is 32.4. The van der Waals surface area contributed by atoms with E-state index in [2.05, 4.69) is 191 Å². The van der Waals surface area contributed by atoms with Crippen LogP contribution < -0.4 is 0 Å². The second-order valence-corrected chi connectivity index (χ2v) is 17.8. The fraction of sp³-hybridized carbons (Fsp3) is 0.0370. The monoisotopic (exact) mass is 774 g/mol. The van der Waals surface area contributed by atoms with Crippen LogP contribution in [0.3, 0.4) is 0 Å². The highest BCUT2D eigenvalue weighted by molar-refractivity contribution is 7.25. The molecule has 272 valence electrons. The first-order chi connectivity index (χ1) is 28.7. The van der Waals surface area contributed by atoms with Crippen molar-refractivity contribution in [2.75, 3.05) is 0 Å². The van der Waals surface area contributed by atoms with Crippen LogP contribution in [0.2, 0.25) is 0 Å². The second kappa shape index (κ2) is 12.4. The van der Waals surface area contributed by atoms with Gasteiger partial charge in [-0.1, -0.05) is 103 Å². The van der Waals surface area contributed by atoms with Crippen molar-refractivity contribution < 1.29 is 0 Å². The van der Waals surface area contributed by atoms with Crippen LogP contribution in [0, 0.1) is 0 Å². The summed E-state index contributed by atoms with van der Waals surface area (Å²) in [5.74, 6) is 0. The van der Waals surface area contributed by atoms with Crippen molar-refractivity contribution in [2.24, 2.45) is 0 Å². The molecule has 0 unspecified atom stereocenters. The van der Waals surface area contributed by atoms with Gasteiger partial charge in [0.05, 0.1) is 22.1 Å². The van der Waals surface area contributed by atoms with Gasteiger partial charge in [-0.3, -0.25) is 0 Å². The molecule has 0 fully saturated rings. The minimum atomic E-state index is 1.02. The molecule has 0 aliphatic heterocycles. The van der Waals surface area contributed by atoms with Crippen molar-refractivity contribution in [3.63, 3.8) is 0 Å². The maximum atomic E-state index is 2.51. The van der Waals surface area contributed by atoms with E-state index in [9.17, 15) is 0 Å². The van der Waals surface area contributed by atoms with E-state index in [1.165, 1.54) is 118 Å². The van der Waals surface area contributed by atoms with Crippen molar-refractivity contribution in [1.29, 1.82) is 0 Å². The zero-order valence-electron chi connectivity index (χ0n) is 31.4. The number of para-hydroxylation sites is 4. The minimum Gasteiger partial charge on any atom is -0.313 e. The molecule has 0 atom stereocenters. The summed E-state index contributed by atoms with van der Waals surface area (Å²) in [5.41, 5.74) is 13.8. The molecular weight excluding hydrogens is 741 g/mol. The van der Waals surface area contributed by atoms with Crippen LogP contribution in [-0.2, 0) is 6.42 Å². The Labute approximate surface area is 342 Å². The lowest BCUT2D eigenvalue weighted by molar-refractivity contribution is 0.968. The van der Waals surface area contributed by atoms with E-state index in [0.29, 0.717) is 0 Å². The van der Waals surface area contributed by atoms with E-state index in [-0.39, 0.29) is 0 Å². The molecule has 13 rings (SSSR count). The average molecular weight is 775 g/mol. The van der Waals surface area contributed by atoms with E-state index in [1.54, 1.807) is 0 Å². The molecule has 0 bridgehead atoms. The number of nitrogens with zero attached hydrogens (tertiary/aromatic N) is 2. The Bertz CT molecular complexity index is 3590. The topological polar surface area (TPSA) is 9.86 Å². The highest BCUT2D eigenvalue weighted by atomic mass is 32.1. The third kappa shape index (κ3) is 4.76. The van der Waals surface area contributed by atoms with E-state index in [1.807, 2.05) is 22.7 Å². The largest absolute Gasteiger partial charge is 0.313 e. The molecule has 0 spiro atoms. The highest BCUT2D eigenvalue weighted by Crippen LogP contribution is 2.44. The fourth-order valence-electron chi connectivity index (χ4n) is 9.76. The number of benzene rings is 8. The lowest BCUT2D eigenvalue weighted by atomic mass is 9.94. The zero-order chi connectivity index (χ0) is 37.9. The Balaban J connectivity index is 1.03. The van der Waals surface area contributed by atoms with Crippen LogP contribution in [0.5, 0.6) is 0 Å². The number of allylic oxidation sites excluding steroid dienone is 1. The molecule has 12 aromatic rings. The summed E-state index contributed by atoms with van der Waals surface area (Å²) in [5, 5.41) is 9.15. The first-order valence-corrected chi connectivity index (χ1v) is 21.7. The van der Waals surface area contributed by atoms with Crippen molar-refractivity contribution in [2.45, 2.75) is 12.8 Å². The molecule has 0 N–H and O–H groups in total. The van der Waals surface area contributed by atoms with E-state index in [0.717, 1.165) is 12.8 Å². The van der Waals surface area contributed by atoms with Crippen molar-refractivity contribution in [3.8, 4) is 27.9 Å². The first-order valence-electron chi connectivity index (χ1n) is 20.0. The predicted octanol–water partition coefficient (Wildman–Crippen LogP) is 15.8. The van der Waals surface area contributed by atoms with Gasteiger partial charge < -0.3 is 9.13 Å². The molecular formula is C54H34N2S2. The number of aryl methyl sites for hydroxylation is 1. The molecule has 4 heterocycles. The van der Waals surface area contributed by atoms with Crippen LogP contribution in [0.4, 0.5) is 0 Å². The van der Waals surface area contributed by atoms with E-state index >= 15 is 0 Å². The van der Waals surface area contributed by atoms with Crippen molar-refractivity contribution >= 4 is 108 Å². The maximum absolute atomic E-state index is 2.51. The van der Waals surface area contributed by atoms with E-state index in [4.69, 9.17) is 0 Å². The standard InChI is InChI=1S/C54H34N2S2/c1-6-16-47-39(11-1)40-12-2-7-17-48(40)55(47)37-23-26-54-46(32-37)45-31-34(22-25-53(45)58-54)36-27-35(33-21-24-52-44(30-33)43-15-5-10-20-51(43)57-52)28-38(29-36)56-49-18-8-3-13-41(49)42-14-4-9-19-50(42)56/h1-22,24-25,27-32H,23,26H2. The Morgan fingerprint density at radius 3 is 1.43 bits per heavy atom. The Morgan fingerprint density at radius 1 is 0.345 bits per heavy atom. The van der Waals surface area contributed by atoms with Gasteiger partial charge in [0, 0.05) is 68.1 Å². The van der Waals surface area contributed by atoms with Gasteiger partial charge in [-0.05, 0) is 120 Å².